The Morgan fingerprint density at radius 3 is 2.62 bits per heavy atom. The zero-order valence-corrected chi connectivity index (χ0v) is 8.08. The lowest BCUT2D eigenvalue weighted by Gasteiger charge is -2.09. The van der Waals surface area contributed by atoms with Gasteiger partial charge in [0.2, 0.25) is 0 Å². The molecule has 0 aliphatic heterocycles. The highest BCUT2D eigenvalue weighted by atomic mass is 16.6. The average Bonchev–Trinajstić information content (AvgIpc) is 2.21. The first-order chi connectivity index (χ1) is 6.38. The van der Waals surface area contributed by atoms with Crippen molar-refractivity contribution in [2.24, 2.45) is 0 Å². The van der Waals surface area contributed by atoms with Gasteiger partial charge in [-0.15, -0.1) is 0 Å². The van der Waals surface area contributed by atoms with Crippen molar-refractivity contribution in [3.05, 3.63) is 42.0 Å². The van der Waals surface area contributed by atoms with Gasteiger partial charge in [0.1, 0.15) is 0 Å². The lowest BCUT2D eigenvalue weighted by atomic mass is 10.1. The van der Waals surface area contributed by atoms with Crippen LogP contribution in [0.15, 0.2) is 36.4 Å². The normalized spacial score (nSPS) is 11.4. The molecule has 70 valence electrons. The molecule has 0 bridgehead atoms. The molecule has 0 heterocycles. The minimum atomic E-state index is 0.657. The maximum Gasteiger partial charge on any atom is 0.0717 e. The van der Waals surface area contributed by atoms with E-state index in [4.69, 9.17) is 4.84 Å². The first kappa shape index (κ1) is 9.81. The molecule has 0 amide bonds. The van der Waals surface area contributed by atoms with Crippen LogP contribution in [-0.4, -0.2) is 6.61 Å². The van der Waals surface area contributed by atoms with Crippen molar-refractivity contribution in [1.82, 2.24) is 5.48 Å². The van der Waals surface area contributed by atoms with E-state index in [1.807, 2.05) is 50.3 Å². The molecule has 0 saturated carbocycles. The summed E-state index contributed by atoms with van der Waals surface area (Å²) >= 11 is 0. The van der Waals surface area contributed by atoms with Crippen LogP contribution in [0.1, 0.15) is 19.4 Å². The highest BCUT2D eigenvalue weighted by molar-refractivity contribution is 5.62. The molecule has 13 heavy (non-hydrogen) atoms. The molecule has 1 aromatic rings. The first-order valence-electron chi connectivity index (χ1n) is 4.48. The van der Waals surface area contributed by atoms with Crippen LogP contribution in [0.5, 0.6) is 0 Å². The van der Waals surface area contributed by atoms with Gasteiger partial charge in [0.15, 0.2) is 0 Å². The van der Waals surface area contributed by atoms with E-state index in [1.54, 1.807) is 0 Å². The van der Waals surface area contributed by atoms with E-state index < -0.39 is 0 Å². The van der Waals surface area contributed by atoms with Gasteiger partial charge >= 0.3 is 0 Å². The van der Waals surface area contributed by atoms with Crippen molar-refractivity contribution in [2.75, 3.05) is 6.61 Å². The van der Waals surface area contributed by atoms with Crippen molar-refractivity contribution in [3.63, 3.8) is 0 Å². The molecule has 1 rings (SSSR count). The summed E-state index contributed by atoms with van der Waals surface area (Å²) in [7, 11) is 0. The lowest BCUT2D eigenvalue weighted by molar-refractivity contribution is 0.0899. The SMILES string of the molecule is C/C=C(/NOCC)c1ccccc1. The summed E-state index contributed by atoms with van der Waals surface area (Å²) < 4.78 is 0. The number of rotatable bonds is 4. The van der Waals surface area contributed by atoms with Gasteiger partial charge in [-0.05, 0) is 19.4 Å². The molecule has 2 heteroatoms. The third-order valence-electron chi connectivity index (χ3n) is 1.70. The molecule has 0 unspecified atom stereocenters. The predicted molar refractivity (Wildman–Crippen MR) is 54.9 cm³/mol. The Labute approximate surface area is 79.2 Å². The Morgan fingerprint density at radius 2 is 2.08 bits per heavy atom. The van der Waals surface area contributed by atoms with Crippen LogP contribution in [-0.2, 0) is 4.84 Å². The number of allylic oxidation sites excluding steroid dienone is 1. The van der Waals surface area contributed by atoms with Gasteiger partial charge < -0.3 is 0 Å². The van der Waals surface area contributed by atoms with Crippen molar-refractivity contribution >= 4 is 5.70 Å². The lowest BCUT2D eigenvalue weighted by Crippen LogP contribution is -2.12. The quantitative estimate of drug-likeness (QED) is 0.714. The van der Waals surface area contributed by atoms with Crippen molar-refractivity contribution < 1.29 is 4.84 Å². The van der Waals surface area contributed by atoms with Crippen molar-refractivity contribution in [3.8, 4) is 0 Å². The number of benzene rings is 1. The molecule has 0 aromatic heterocycles. The van der Waals surface area contributed by atoms with Crippen LogP contribution in [0.2, 0.25) is 0 Å². The van der Waals surface area contributed by atoms with Crippen LogP contribution in [0.4, 0.5) is 0 Å². The molecule has 1 aromatic carbocycles. The van der Waals surface area contributed by atoms with E-state index in [-0.39, 0.29) is 0 Å². The van der Waals surface area contributed by atoms with E-state index in [0.29, 0.717) is 6.61 Å². The molecule has 1 N–H and O–H groups in total. The van der Waals surface area contributed by atoms with Crippen molar-refractivity contribution in [1.29, 1.82) is 0 Å². The monoisotopic (exact) mass is 177 g/mol. The van der Waals surface area contributed by atoms with Gasteiger partial charge in [0.25, 0.3) is 0 Å². The predicted octanol–water partition coefficient (Wildman–Crippen LogP) is 2.59. The largest absolute Gasteiger partial charge is 0.276 e. The van der Waals surface area contributed by atoms with E-state index in [2.05, 4.69) is 5.48 Å². The number of hydrogen-bond acceptors (Lipinski definition) is 2. The third kappa shape index (κ3) is 2.92. The molecule has 0 spiro atoms. The third-order valence-corrected chi connectivity index (χ3v) is 1.70. The van der Waals surface area contributed by atoms with E-state index >= 15 is 0 Å². The number of hydrogen-bond donors (Lipinski definition) is 1. The second kappa shape index (κ2) is 5.38. The average molecular weight is 177 g/mol. The second-order valence-electron chi connectivity index (χ2n) is 2.60. The summed E-state index contributed by atoms with van der Waals surface area (Å²) in [5, 5.41) is 0. The molecule has 2 nitrogen and oxygen atoms in total. The minimum absolute atomic E-state index is 0.657. The summed E-state index contributed by atoms with van der Waals surface area (Å²) in [5.74, 6) is 0. The first-order valence-corrected chi connectivity index (χ1v) is 4.48. The topological polar surface area (TPSA) is 21.3 Å². The van der Waals surface area contributed by atoms with E-state index in [9.17, 15) is 0 Å². The second-order valence-corrected chi connectivity index (χ2v) is 2.60. The Morgan fingerprint density at radius 1 is 1.38 bits per heavy atom. The summed E-state index contributed by atoms with van der Waals surface area (Å²) in [6, 6.07) is 10.1. The zero-order chi connectivity index (χ0) is 9.52. The van der Waals surface area contributed by atoms with Gasteiger partial charge in [-0.3, -0.25) is 10.3 Å². The van der Waals surface area contributed by atoms with Crippen LogP contribution in [0.3, 0.4) is 0 Å². The summed E-state index contributed by atoms with van der Waals surface area (Å²) in [6.07, 6.45) is 1.99. The zero-order valence-electron chi connectivity index (χ0n) is 8.08. The molecule has 0 radical (unpaired) electrons. The highest BCUT2D eigenvalue weighted by Gasteiger charge is 1.96. The van der Waals surface area contributed by atoms with Crippen LogP contribution in [0, 0.1) is 0 Å². The fourth-order valence-electron chi connectivity index (χ4n) is 1.05. The van der Waals surface area contributed by atoms with Gasteiger partial charge in [0, 0.05) is 0 Å². The Hall–Kier alpha value is -1.28. The van der Waals surface area contributed by atoms with Crippen LogP contribution < -0.4 is 5.48 Å². The minimum Gasteiger partial charge on any atom is -0.276 e. The number of hydroxylamine groups is 1. The molecule has 0 atom stereocenters. The standard InChI is InChI=1S/C11H15NO/c1-3-11(12-13-4-2)10-8-6-5-7-9-10/h3,5-9,12H,4H2,1-2H3/b11-3+. The Bertz CT molecular complexity index is 267. The van der Waals surface area contributed by atoms with Gasteiger partial charge in [-0.1, -0.05) is 36.4 Å². The maximum absolute atomic E-state index is 5.12. The summed E-state index contributed by atoms with van der Waals surface area (Å²) in [4.78, 5) is 5.12. The van der Waals surface area contributed by atoms with Gasteiger partial charge in [0.05, 0.1) is 12.3 Å². The molecular weight excluding hydrogens is 162 g/mol. The molecule has 0 fully saturated rings. The summed E-state index contributed by atoms with van der Waals surface area (Å²) in [6.45, 7) is 4.59. The molecule has 0 aliphatic carbocycles. The van der Waals surface area contributed by atoms with Gasteiger partial charge in [-0.2, -0.15) is 0 Å². The van der Waals surface area contributed by atoms with E-state index in [1.165, 1.54) is 0 Å². The van der Waals surface area contributed by atoms with Gasteiger partial charge in [-0.25, -0.2) is 0 Å². The molecular formula is C11H15NO. The maximum atomic E-state index is 5.12. The molecule has 0 saturated heterocycles. The summed E-state index contributed by atoms with van der Waals surface area (Å²) in [5.41, 5.74) is 5.04. The highest BCUT2D eigenvalue weighted by Crippen LogP contribution is 2.09. The van der Waals surface area contributed by atoms with Crippen LogP contribution in [0.25, 0.3) is 5.70 Å². The van der Waals surface area contributed by atoms with E-state index in [0.717, 1.165) is 11.3 Å². The smallest absolute Gasteiger partial charge is 0.0717 e. The number of nitrogens with one attached hydrogen (secondary N) is 1. The molecule has 0 aliphatic rings. The fourth-order valence-corrected chi connectivity index (χ4v) is 1.05. The van der Waals surface area contributed by atoms with Crippen molar-refractivity contribution in [2.45, 2.75) is 13.8 Å². The Kier molecular flexibility index (Phi) is 4.06. The fraction of sp³-hybridized carbons (Fsp3) is 0.273. The van der Waals surface area contributed by atoms with Crippen LogP contribution >= 0.6 is 0 Å². The Balaban J connectivity index is 2.69.